The first-order chi connectivity index (χ1) is 16.3. The maximum Gasteiger partial charge on any atom is 0.405 e. The Morgan fingerprint density at radius 3 is 2.11 bits per heavy atom. The van der Waals surface area contributed by atoms with Crippen molar-refractivity contribution in [2.24, 2.45) is 10.8 Å². The Morgan fingerprint density at radius 1 is 1.06 bits per heavy atom. The van der Waals surface area contributed by atoms with Gasteiger partial charge in [0.1, 0.15) is 12.1 Å². The number of carboxylic acid groups (broad SMARTS) is 1. The fourth-order valence-corrected chi connectivity index (χ4v) is 4.25. The third-order valence-electron chi connectivity index (χ3n) is 6.33. The van der Waals surface area contributed by atoms with Gasteiger partial charge >= 0.3 is 6.09 Å². The zero-order chi connectivity index (χ0) is 27.6. The molecule has 10 nitrogen and oxygen atoms in total. The highest BCUT2D eigenvalue weighted by atomic mass is 19.3. The monoisotopic (exact) mass is 516 g/mol. The van der Waals surface area contributed by atoms with E-state index in [1.165, 1.54) is 4.90 Å². The molecule has 1 saturated heterocycles. The van der Waals surface area contributed by atoms with Crippen LogP contribution in [0, 0.1) is 10.8 Å². The van der Waals surface area contributed by atoms with E-state index in [2.05, 4.69) is 16.0 Å². The van der Waals surface area contributed by atoms with Crippen LogP contribution in [-0.2, 0) is 19.2 Å². The van der Waals surface area contributed by atoms with Crippen LogP contribution in [0.15, 0.2) is 0 Å². The molecule has 2 aliphatic rings. The van der Waals surface area contributed by atoms with Gasteiger partial charge in [-0.25, -0.2) is 13.6 Å². The van der Waals surface area contributed by atoms with Gasteiger partial charge in [0.25, 0.3) is 5.91 Å². The van der Waals surface area contributed by atoms with Crippen molar-refractivity contribution in [3.63, 3.8) is 0 Å². The molecule has 1 saturated carbocycles. The van der Waals surface area contributed by atoms with E-state index in [1.54, 1.807) is 20.8 Å². The first-order valence-corrected chi connectivity index (χ1v) is 12.1. The normalized spacial score (nSPS) is 21.3. The number of nitrogens with zero attached hydrogens (tertiary/aromatic N) is 1. The number of hydrogen-bond acceptors (Lipinski definition) is 5. The van der Waals surface area contributed by atoms with Crippen molar-refractivity contribution in [1.29, 1.82) is 0 Å². The zero-order valence-corrected chi connectivity index (χ0v) is 21.7. The van der Waals surface area contributed by atoms with Crippen molar-refractivity contribution in [1.82, 2.24) is 20.9 Å². The van der Waals surface area contributed by atoms with Gasteiger partial charge in [0.05, 0.1) is 6.04 Å². The zero-order valence-electron chi connectivity index (χ0n) is 21.7. The summed E-state index contributed by atoms with van der Waals surface area (Å²) in [7, 11) is 0. The quantitative estimate of drug-likeness (QED) is 0.327. The molecule has 1 heterocycles. The minimum absolute atomic E-state index is 0.134. The van der Waals surface area contributed by atoms with Crippen molar-refractivity contribution < 1.29 is 37.9 Å². The van der Waals surface area contributed by atoms with Crippen LogP contribution in [-0.4, -0.2) is 76.2 Å². The molecule has 1 aliphatic carbocycles. The summed E-state index contributed by atoms with van der Waals surface area (Å²) in [6, 6.07) is -3.85. The van der Waals surface area contributed by atoms with E-state index >= 15 is 0 Å². The van der Waals surface area contributed by atoms with Gasteiger partial charge in [-0.3, -0.25) is 19.2 Å². The van der Waals surface area contributed by atoms with Crippen LogP contribution in [0.1, 0.15) is 73.6 Å². The molecule has 204 valence electrons. The van der Waals surface area contributed by atoms with E-state index in [0.29, 0.717) is 6.92 Å². The molecule has 0 radical (unpaired) electrons. The number of rotatable bonds is 10. The lowest BCUT2D eigenvalue weighted by molar-refractivity contribution is -0.144. The average molecular weight is 517 g/mol. The molecule has 12 heteroatoms. The third kappa shape index (κ3) is 8.41. The molecule has 0 aromatic heterocycles. The molecular weight excluding hydrogens is 478 g/mol. The minimum atomic E-state index is -3.12. The summed E-state index contributed by atoms with van der Waals surface area (Å²) < 4.78 is 27.1. The van der Waals surface area contributed by atoms with Crippen LogP contribution < -0.4 is 16.0 Å². The summed E-state index contributed by atoms with van der Waals surface area (Å²) in [6.07, 6.45) is -0.939. The molecule has 4 amide bonds. The van der Waals surface area contributed by atoms with Gasteiger partial charge in [0.15, 0.2) is 0 Å². The number of ketones is 1. The fourth-order valence-electron chi connectivity index (χ4n) is 4.25. The number of Topliss-reactive ketones (excluding diaryl/α,β-unsaturated/α-hetero) is 1. The van der Waals surface area contributed by atoms with E-state index < -0.39 is 77.3 Å². The number of carbonyl (C=O) groups excluding carboxylic acids is 4. The van der Waals surface area contributed by atoms with Crippen LogP contribution in [0.25, 0.3) is 0 Å². The number of likely N-dealkylation sites (tertiary alicyclic amines) is 1. The van der Waals surface area contributed by atoms with Crippen molar-refractivity contribution in [2.45, 2.75) is 104 Å². The molecule has 0 bridgehead atoms. The fraction of sp³-hybridized carbons (Fsp3) is 0.792. The number of hydrogen-bond donors (Lipinski definition) is 4. The lowest BCUT2D eigenvalue weighted by Gasteiger charge is -2.35. The van der Waals surface area contributed by atoms with Gasteiger partial charge in [-0.2, -0.15) is 0 Å². The minimum Gasteiger partial charge on any atom is -0.465 e. The molecule has 1 aliphatic heterocycles. The molecule has 3 atom stereocenters. The maximum absolute atomic E-state index is 13.5. The van der Waals surface area contributed by atoms with E-state index in [-0.39, 0.29) is 19.0 Å². The van der Waals surface area contributed by atoms with Gasteiger partial charge in [0, 0.05) is 19.0 Å². The van der Waals surface area contributed by atoms with Crippen molar-refractivity contribution >= 4 is 29.6 Å². The van der Waals surface area contributed by atoms with Crippen LogP contribution >= 0.6 is 0 Å². The maximum atomic E-state index is 13.5. The Labute approximate surface area is 209 Å². The second-order valence-electron chi connectivity index (χ2n) is 11.9. The summed E-state index contributed by atoms with van der Waals surface area (Å²) in [5, 5.41) is 16.4. The molecule has 4 N–H and O–H groups in total. The first kappa shape index (κ1) is 29.4. The molecule has 0 spiro atoms. The standard InChI is InChI=1S/C24H38F2N4O6/c1-22(2,3)17(29-21(35)36)20(34)30-12-23(4,5)11-15(30)18(32)28-14(9-10-24(6,25)26)16(31)19(33)27-13-7-8-13/h13-15,17,29H,7-12H2,1-6H3,(H,27,33)(H,28,32)(H,35,36)/t14-,15-,17+/m0/s1. The van der Waals surface area contributed by atoms with E-state index in [4.69, 9.17) is 0 Å². The van der Waals surface area contributed by atoms with Crippen molar-refractivity contribution in [3.8, 4) is 0 Å². The summed E-state index contributed by atoms with van der Waals surface area (Å²) in [5.74, 6) is -6.44. The van der Waals surface area contributed by atoms with Crippen LogP contribution in [0.2, 0.25) is 0 Å². The number of alkyl halides is 2. The van der Waals surface area contributed by atoms with Crippen LogP contribution in [0.5, 0.6) is 0 Å². The number of carbonyl (C=O) groups is 5. The van der Waals surface area contributed by atoms with Gasteiger partial charge in [-0.15, -0.1) is 0 Å². The highest BCUT2D eigenvalue weighted by molar-refractivity contribution is 6.38. The molecule has 0 unspecified atom stereocenters. The van der Waals surface area contributed by atoms with Gasteiger partial charge in [-0.1, -0.05) is 34.6 Å². The topological polar surface area (TPSA) is 145 Å². The lowest BCUT2D eigenvalue weighted by Crippen LogP contribution is -2.59. The predicted molar refractivity (Wildman–Crippen MR) is 126 cm³/mol. The molecule has 2 rings (SSSR count). The largest absolute Gasteiger partial charge is 0.465 e. The number of nitrogens with one attached hydrogen (secondary N) is 3. The SMILES string of the molecule is CC(F)(F)CC[C@H](NC(=O)[C@@H]1CC(C)(C)CN1C(=O)[C@@H](NC(=O)O)C(C)(C)C)C(=O)C(=O)NC1CC1. The number of halogens is 2. The Hall–Kier alpha value is -2.79. The molecule has 36 heavy (non-hydrogen) atoms. The highest BCUT2D eigenvalue weighted by Gasteiger charge is 2.48. The molecule has 0 aromatic carbocycles. The Balaban J connectivity index is 2.27. The van der Waals surface area contributed by atoms with E-state index in [1.807, 2.05) is 13.8 Å². The lowest BCUT2D eigenvalue weighted by atomic mass is 9.85. The molecular formula is C24H38F2N4O6. The van der Waals surface area contributed by atoms with Gasteiger partial charge in [-0.05, 0) is 43.4 Å². The summed E-state index contributed by atoms with van der Waals surface area (Å²) >= 11 is 0. The predicted octanol–water partition coefficient (Wildman–Crippen LogP) is 2.06. The highest BCUT2D eigenvalue weighted by Crippen LogP contribution is 2.36. The van der Waals surface area contributed by atoms with Gasteiger partial charge in [0.2, 0.25) is 23.5 Å². The smallest absolute Gasteiger partial charge is 0.405 e. The average Bonchev–Trinajstić information content (AvgIpc) is 3.46. The molecule has 2 fully saturated rings. The first-order valence-electron chi connectivity index (χ1n) is 12.1. The third-order valence-corrected chi connectivity index (χ3v) is 6.33. The number of amides is 4. The van der Waals surface area contributed by atoms with Crippen LogP contribution in [0.3, 0.4) is 0 Å². The van der Waals surface area contributed by atoms with E-state index in [9.17, 15) is 37.9 Å². The van der Waals surface area contributed by atoms with Gasteiger partial charge < -0.3 is 26.0 Å². The molecule has 0 aromatic rings. The Morgan fingerprint density at radius 2 is 1.64 bits per heavy atom. The Kier molecular flexibility index (Phi) is 8.73. The second-order valence-corrected chi connectivity index (χ2v) is 11.9. The van der Waals surface area contributed by atoms with Crippen molar-refractivity contribution in [2.75, 3.05) is 6.54 Å². The van der Waals surface area contributed by atoms with Crippen LogP contribution in [0.4, 0.5) is 13.6 Å². The van der Waals surface area contributed by atoms with E-state index in [0.717, 1.165) is 12.8 Å². The summed E-state index contributed by atoms with van der Waals surface area (Å²) in [5.41, 5.74) is -1.32. The summed E-state index contributed by atoms with van der Waals surface area (Å²) in [6.45, 7) is 9.54. The van der Waals surface area contributed by atoms with Crippen molar-refractivity contribution in [3.05, 3.63) is 0 Å². The second kappa shape index (κ2) is 10.7. The Bertz CT molecular complexity index is 892. The summed E-state index contributed by atoms with van der Waals surface area (Å²) in [4.78, 5) is 64.4.